The molecule has 0 saturated carbocycles. The molecule has 172 valence electrons. The second-order valence-corrected chi connectivity index (χ2v) is 7.48. The van der Waals surface area contributed by atoms with E-state index in [1.807, 2.05) is 0 Å². The maximum absolute atomic E-state index is 13.7. The second-order valence-electron chi connectivity index (χ2n) is 7.48. The number of carbonyl (C=O) groups is 1. The van der Waals surface area contributed by atoms with Gasteiger partial charge >= 0.3 is 0 Å². The number of nitro groups is 1. The first-order chi connectivity index (χ1) is 15.9. The third kappa shape index (κ3) is 5.21. The largest absolute Gasteiger partial charge is 0.435 e. The number of amides is 1. The minimum Gasteiger partial charge on any atom is -0.435 e. The molecule has 0 radical (unpaired) electrons. The van der Waals surface area contributed by atoms with Crippen molar-refractivity contribution in [1.82, 2.24) is 20.5 Å². The van der Waals surface area contributed by atoms with Crippen LogP contribution < -0.4 is 10.6 Å². The predicted octanol–water partition coefficient (Wildman–Crippen LogP) is 2.83. The molecular weight excluding hydrogens is 436 g/mol. The highest BCUT2D eigenvalue weighted by molar-refractivity contribution is 5.99. The number of hydrogen-bond donors (Lipinski definition) is 2. The van der Waals surface area contributed by atoms with Gasteiger partial charge in [-0.3, -0.25) is 19.8 Å². The van der Waals surface area contributed by atoms with Crippen LogP contribution in [0.1, 0.15) is 10.5 Å². The molecule has 1 aliphatic rings. The third-order valence-electron chi connectivity index (χ3n) is 5.22. The number of nitro benzene ring substituents is 1. The Morgan fingerprint density at radius 2 is 1.88 bits per heavy atom. The van der Waals surface area contributed by atoms with Crippen LogP contribution in [0.3, 0.4) is 0 Å². The van der Waals surface area contributed by atoms with E-state index in [2.05, 4.69) is 20.5 Å². The molecule has 0 aliphatic carbocycles. The van der Waals surface area contributed by atoms with Crippen molar-refractivity contribution < 1.29 is 22.9 Å². The summed E-state index contributed by atoms with van der Waals surface area (Å²) in [6, 6.07) is 8.43. The van der Waals surface area contributed by atoms with E-state index in [4.69, 9.17) is 4.42 Å². The molecule has 1 fully saturated rings. The molecule has 2 aromatic carbocycles. The fraction of sp³-hybridized carbons (Fsp3) is 0.273. The molecule has 9 nitrogen and oxygen atoms in total. The highest BCUT2D eigenvalue weighted by atomic mass is 19.1. The van der Waals surface area contributed by atoms with E-state index in [9.17, 15) is 23.7 Å². The number of nitrogens with zero attached hydrogens (tertiary/aromatic N) is 3. The molecule has 2 N–H and O–H groups in total. The molecule has 0 unspecified atom stereocenters. The van der Waals surface area contributed by atoms with Crippen molar-refractivity contribution >= 4 is 11.6 Å². The number of aromatic nitrogens is 1. The topological polar surface area (TPSA) is 114 Å². The summed E-state index contributed by atoms with van der Waals surface area (Å²) in [4.78, 5) is 30.2. The summed E-state index contributed by atoms with van der Waals surface area (Å²) in [5.74, 6) is -2.68. The lowest BCUT2D eigenvalue weighted by Crippen LogP contribution is -2.46. The molecule has 1 aromatic heterocycles. The summed E-state index contributed by atoms with van der Waals surface area (Å²) in [5, 5.41) is 17.5. The van der Waals surface area contributed by atoms with Crippen LogP contribution in [0.4, 0.5) is 14.5 Å². The number of nitrogens with one attached hydrogen (secondary N) is 2. The lowest BCUT2D eigenvalue weighted by molar-refractivity contribution is -0.384. The predicted molar refractivity (Wildman–Crippen MR) is 116 cm³/mol. The van der Waals surface area contributed by atoms with Crippen LogP contribution >= 0.6 is 0 Å². The Bertz CT molecular complexity index is 1160. The molecule has 0 atom stereocenters. The number of para-hydroxylation sites is 1. The quantitative estimate of drug-likeness (QED) is 0.414. The zero-order valence-corrected chi connectivity index (χ0v) is 17.5. The fourth-order valence-corrected chi connectivity index (χ4v) is 3.63. The SMILES string of the molecule is O=C(NCCN1CCNCC1)c1nc(-c2cc(F)cc(F)c2)oc1-c1ccccc1[N+](=O)[O-]. The lowest BCUT2D eigenvalue weighted by atomic mass is 10.1. The van der Waals surface area contributed by atoms with Gasteiger partial charge < -0.3 is 15.1 Å². The Morgan fingerprint density at radius 1 is 1.18 bits per heavy atom. The van der Waals surface area contributed by atoms with Crippen molar-refractivity contribution in [2.45, 2.75) is 0 Å². The van der Waals surface area contributed by atoms with E-state index in [0.29, 0.717) is 19.2 Å². The Kier molecular flexibility index (Phi) is 6.71. The molecule has 11 heteroatoms. The van der Waals surface area contributed by atoms with Gasteiger partial charge in [0, 0.05) is 57.0 Å². The summed E-state index contributed by atoms with van der Waals surface area (Å²) < 4.78 is 33.1. The normalized spacial score (nSPS) is 14.2. The monoisotopic (exact) mass is 457 g/mol. The molecule has 4 rings (SSSR count). The Morgan fingerprint density at radius 3 is 2.58 bits per heavy atom. The lowest BCUT2D eigenvalue weighted by Gasteiger charge is -2.26. The molecule has 1 saturated heterocycles. The fourth-order valence-electron chi connectivity index (χ4n) is 3.63. The molecular formula is C22H21F2N5O4. The zero-order valence-electron chi connectivity index (χ0n) is 17.5. The molecule has 0 bridgehead atoms. The van der Waals surface area contributed by atoms with Crippen molar-refractivity contribution in [2.24, 2.45) is 0 Å². The van der Waals surface area contributed by atoms with E-state index in [-0.39, 0.29) is 34.2 Å². The average Bonchev–Trinajstić information content (AvgIpc) is 3.25. The summed E-state index contributed by atoms with van der Waals surface area (Å²) >= 11 is 0. The van der Waals surface area contributed by atoms with Gasteiger partial charge in [-0.1, -0.05) is 12.1 Å². The maximum atomic E-state index is 13.7. The summed E-state index contributed by atoms with van der Waals surface area (Å²) in [6.45, 7) is 4.40. The van der Waals surface area contributed by atoms with Gasteiger partial charge in [-0.2, -0.15) is 0 Å². The number of carbonyl (C=O) groups excluding carboxylic acids is 1. The van der Waals surface area contributed by atoms with Crippen molar-refractivity contribution in [3.63, 3.8) is 0 Å². The minimum atomic E-state index is -0.850. The smallest absolute Gasteiger partial charge is 0.280 e. The van der Waals surface area contributed by atoms with Gasteiger partial charge in [-0.15, -0.1) is 0 Å². The van der Waals surface area contributed by atoms with Crippen LogP contribution in [0.5, 0.6) is 0 Å². The Balaban J connectivity index is 1.67. The molecule has 3 aromatic rings. The second kappa shape index (κ2) is 9.84. The Hall–Kier alpha value is -3.70. The van der Waals surface area contributed by atoms with Crippen molar-refractivity contribution in [3.8, 4) is 22.8 Å². The van der Waals surface area contributed by atoms with E-state index in [1.54, 1.807) is 6.07 Å². The standard InChI is InChI=1S/C22H21F2N5O4/c23-15-11-14(12-16(24)13-15)22-27-19(21(30)26-7-10-28-8-5-25-6-9-28)20(33-22)17-3-1-2-4-18(17)29(31)32/h1-4,11-13,25H,5-10H2,(H,26,30). The van der Waals surface area contributed by atoms with Crippen LogP contribution in [-0.2, 0) is 0 Å². The first-order valence-corrected chi connectivity index (χ1v) is 10.3. The van der Waals surface area contributed by atoms with Crippen LogP contribution in [-0.4, -0.2) is 60.0 Å². The van der Waals surface area contributed by atoms with Gasteiger partial charge in [0.25, 0.3) is 11.6 Å². The van der Waals surface area contributed by atoms with E-state index in [0.717, 1.165) is 38.3 Å². The number of oxazole rings is 1. The zero-order chi connectivity index (χ0) is 23.4. The summed E-state index contributed by atoms with van der Waals surface area (Å²) in [5.41, 5.74) is -0.498. The minimum absolute atomic E-state index is 0.0328. The Labute approximate surface area is 187 Å². The van der Waals surface area contributed by atoms with E-state index < -0.39 is 22.5 Å². The molecule has 1 aliphatic heterocycles. The first kappa shape index (κ1) is 22.5. The number of piperazine rings is 1. The maximum Gasteiger partial charge on any atom is 0.280 e. The van der Waals surface area contributed by atoms with Crippen LogP contribution in [0.2, 0.25) is 0 Å². The molecule has 2 heterocycles. The van der Waals surface area contributed by atoms with Crippen molar-refractivity contribution in [3.05, 3.63) is 69.9 Å². The highest BCUT2D eigenvalue weighted by Crippen LogP contribution is 2.35. The average molecular weight is 457 g/mol. The van der Waals surface area contributed by atoms with Gasteiger partial charge in [0.1, 0.15) is 11.6 Å². The van der Waals surface area contributed by atoms with E-state index >= 15 is 0 Å². The first-order valence-electron chi connectivity index (χ1n) is 10.3. The third-order valence-corrected chi connectivity index (χ3v) is 5.22. The summed E-state index contributed by atoms with van der Waals surface area (Å²) in [6.07, 6.45) is 0. The number of benzene rings is 2. The highest BCUT2D eigenvalue weighted by Gasteiger charge is 2.27. The van der Waals surface area contributed by atoms with Gasteiger partial charge in [-0.05, 0) is 18.2 Å². The molecule has 1 amide bonds. The van der Waals surface area contributed by atoms with E-state index in [1.165, 1.54) is 18.2 Å². The molecule has 33 heavy (non-hydrogen) atoms. The van der Waals surface area contributed by atoms with Crippen molar-refractivity contribution in [1.29, 1.82) is 0 Å². The number of rotatable bonds is 7. The van der Waals surface area contributed by atoms with Crippen LogP contribution in [0.15, 0.2) is 46.9 Å². The molecule has 0 spiro atoms. The van der Waals surface area contributed by atoms with Crippen LogP contribution in [0.25, 0.3) is 22.8 Å². The number of hydrogen-bond acceptors (Lipinski definition) is 7. The van der Waals surface area contributed by atoms with Gasteiger partial charge in [0.05, 0.1) is 10.5 Å². The van der Waals surface area contributed by atoms with Gasteiger partial charge in [0.15, 0.2) is 11.5 Å². The van der Waals surface area contributed by atoms with Gasteiger partial charge in [-0.25, -0.2) is 13.8 Å². The number of halogens is 2. The summed E-state index contributed by atoms with van der Waals surface area (Å²) in [7, 11) is 0. The van der Waals surface area contributed by atoms with Crippen molar-refractivity contribution in [2.75, 3.05) is 39.3 Å². The van der Waals surface area contributed by atoms with Gasteiger partial charge in [0.2, 0.25) is 5.89 Å². The van der Waals surface area contributed by atoms with Crippen LogP contribution in [0, 0.1) is 21.7 Å².